The van der Waals surface area contributed by atoms with Crippen LogP contribution >= 0.6 is 0 Å². The summed E-state index contributed by atoms with van der Waals surface area (Å²) in [5, 5.41) is 0. The van der Waals surface area contributed by atoms with Crippen LogP contribution < -0.4 is 0 Å². The molecule has 0 spiro atoms. The maximum Gasteiger partial charge on any atom is 0.126 e. The molecule has 0 aromatic heterocycles. The van der Waals surface area contributed by atoms with E-state index in [0.29, 0.717) is 0 Å². The van der Waals surface area contributed by atoms with Gasteiger partial charge in [-0.2, -0.15) is 0 Å². The second kappa shape index (κ2) is 36.5. The van der Waals surface area contributed by atoms with Crippen molar-refractivity contribution in [2.45, 2.75) is 130 Å². The fraction of sp³-hybridized carbons (Fsp3) is 0.897. The highest BCUT2D eigenvalue weighted by atomic mass is 16.1. The standard InChI is InChI=1S/C6H13N.C5H11N.C5H10.3C3H6O.4CH4/c1-7-5-3-2-4-6-7;1-6-4-2-3-5-6;1-5-3-2-4-5;3*1-3(2)4;;;;/h2-6H2,1H3;2-5H2,1H3;5H,2-4H2,1H3;3*1-2H3;4*1H4. The van der Waals surface area contributed by atoms with Gasteiger partial charge in [0.25, 0.3) is 0 Å². The number of carbonyl (C=O) groups excluding carboxylic acids is 3. The molecule has 0 bridgehead atoms. The molecule has 1 saturated carbocycles. The quantitative estimate of drug-likeness (QED) is 0.343. The molecule has 0 amide bonds. The van der Waals surface area contributed by atoms with Gasteiger partial charge in [0.1, 0.15) is 17.3 Å². The normalized spacial score (nSPS) is 15.8. The van der Waals surface area contributed by atoms with Gasteiger partial charge in [-0.25, -0.2) is 0 Å². The lowest BCUT2D eigenvalue weighted by atomic mass is 9.88. The molecule has 5 nitrogen and oxygen atoms in total. The van der Waals surface area contributed by atoms with Gasteiger partial charge < -0.3 is 24.2 Å². The molecule has 0 aromatic carbocycles. The van der Waals surface area contributed by atoms with Crippen molar-refractivity contribution in [1.29, 1.82) is 0 Å². The molecule has 0 radical (unpaired) electrons. The molecular formula is C29H68N2O3. The smallest absolute Gasteiger partial charge is 0.126 e. The Labute approximate surface area is 217 Å². The number of piperidine rings is 1. The van der Waals surface area contributed by atoms with E-state index in [1.54, 1.807) is 0 Å². The van der Waals surface area contributed by atoms with E-state index in [4.69, 9.17) is 0 Å². The minimum Gasteiger partial charge on any atom is -0.306 e. The van der Waals surface area contributed by atoms with Crippen molar-refractivity contribution < 1.29 is 14.4 Å². The zero-order valence-corrected chi connectivity index (χ0v) is 21.7. The number of likely N-dealkylation sites (tertiary alicyclic amines) is 2. The molecule has 212 valence electrons. The predicted octanol–water partition coefficient (Wildman–Crippen LogP) is 7.95. The molecule has 0 aromatic rings. The highest BCUT2D eigenvalue weighted by Gasteiger charge is 2.09. The molecule has 3 aliphatic rings. The molecule has 1 aliphatic carbocycles. The number of ketones is 3. The molecule has 34 heavy (non-hydrogen) atoms. The van der Waals surface area contributed by atoms with Crippen LogP contribution in [0, 0.1) is 5.92 Å². The van der Waals surface area contributed by atoms with Crippen molar-refractivity contribution in [2.75, 3.05) is 40.3 Å². The Kier molecular flexibility index (Phi) is 53.6. The Hall–Kier alpha value is -1.07. The topological polar surface area (TPSA) is 57.7 Å². The highest BCUT2D eigenvalue weighted by Crippen LogP contribution is 2.24. The number of Topliss-reactive ketones (excluding diaryl/α,β-unsaturated/α-hetero) is 3. The number of rotatable bonds is 0. The van der Waals surface area contributed by atoms with E-state index >= 15 is 0 Å². The summed E-state index contributed by atoms with van der Waals surface area (Å²) in [5.41, 5.74) is 0. The second-order valence-electron chi connectivity index (χ2n) is 9.14. The monoisotopic (exact) mass is 493 g/mol. The molecule has 3 fully saturated rings. The second-order valence-corrected chi connectivity index (χ2v) is 9.14. The van der Waals surface area contributed by atoms with Crippen LogP contribution in [0.25, 0.3) is 0 Å². The van der Waals surface area contributed by atoms with E-state index in [2.05, 4.69) is 30.8 Å². The lowest BCUT2D eigenvalue weighted by Crippen LogP contribution is -2.24. The number of nitrogens with zero attached hydrogens (tertiary/aromatic N) is 2. The van der Waals surface area contributed by atoms with E-state index in [0.717, 1.165) is 5.92 Å². The Morgan fingerprint density at radius 3 is 0.735 bits per heavy atom. The lowest BCUT2D eigenvalue weighted by Gasteiger charge is -2.20. The molecule has 0 unspecified atom stereocenters. The Balaban J connectivity index is -0.0000000511. The van der Waals surface area contributed by atoms with Crippen molar-refractivity contribution >= 4 is 17.3 Å². The fourth-order valence-corrected chi connectivity index (χ4v) is 2.54. The molecule has 0 atom stereocenters. The summed E-state index contributed by atoms with van der Waals surface area (Å²) in [6.45, 7) is 16.8. The summed E-state index contributed by atoms with van der Waals surface area (Å²) in [5.74, 6) is 1.56. The summed E-state index contributed by atoms with van der Waals surface area (Å²) < 4.78 is 0. The van der Waals surface area contributed by atoms with Crippen molar-refractivity contribution in [2.24, 2.45) is 5.92 Å². The summed E-state index contributed by atoms with van der Waals surface area (Å²) in [6, 6.07) is 0. The van der Waals surface area contributed by atoms with Gasteiger partial charge in [-0.15, -0.1) is 0 Å². The van der Waals surface area contributed by atoms with Gasteiger partial charge in [-0.1, -0.05) is 62.3 Å². The lowest BCUT2D eigenvalue weighted by molar-refractivity contribution is -0.115. The van der Waals surface area contributed by atoms with Crippen LogP contribution in [0.2, 0.25) is 0 Å². The molecular weight excluding hydrogens is 424 g/mol. The first-order valence-corrected chi connectivity index (χ1v) is 11.7. The molecule has 2 heterocycles. The Bertz CT molecular complexity index is 369. The summed E-state index contributed by atoms with van der Waals surface area (Å²) in [4.78, 5) is 33.1. The van der Waals surface area contributed by atoms with Crippen LogP contribution in [0.5, 0.6) is 0 Å². The zero-order valence-electron chi connectivity index (χ0n) is 21.7. The number of hydrogen-bond donors (Lipinski definition) is 0. The first-order chi connectivity index (χ1) is 13.9. The molecule has 3 rings (SSSR count). The van der Waals surface area contributed by atoms with E-state index in [1.165, 1.54) is 119 Å². The van der Waals surface area contributed by atoms with E-state index in [9.17, 15) is 14.4 Å². The predicted molar refractivity (Wildman–Crippen MR) is 157 cm³/mol. The van der Waals surface area contributed by atoms with E-state index < -0.39 is 0 Å². The minimum atomic E-state index is 0. The van der Waals surface area contributed by atoms with Crippen molar-refractivity contribution in [3.63, 3.8) is 0 Å². The third-order valence-electron chi connectivity index (χ3n) is 4.30. The first-order valence-electron chi connectivity index (χ1n) is 11.7. The van der Waals surface area contributed by atoms with E-state index in [-0.39, 0.29) is 47.1 Å². The van der Waals surface area contributed by atoms with Crippen LogP contribution in [0.4, 0.5) is 0 Å². The Morgan fingerprint density at radius 2 is 0.676 bits per heavy atom. The van der Waals surface area contributed by atoms with E-state index in [1.807, 2.05) is 0 Å². The van der Waals surface area contributed by atoms with Crippen molar-refractivity contribution in [3.8, 4) is 0 Å². The molecule has 5 heteroatoms. The van der Waals surface area contributed by atoms with Crippen molar-refractivity contribution in [3.05, 3.63) is 0 Å². The number of carbonyl (C=O) groups is 3. The maximum absolute atomic E-state index is 9.44. The van der Waals surface area contributed by atoms with Gasteiger partial charge in [0.2, 0.25) is 0 Å². The zero-order chi connectivity index (χ0) is 23.9. The first kappa shape index (κ1) is 49.9. The number of hydrogen-bond acceptors (Lipinski definition) is 5. The van der Waals surface area contributed by atoms with Crippen LogP contribution in [0.3, 0.4) is 0 Å². The average molecular weight is 493 g/mol. The third kappa shape index (κ3) is 69.8. The van der Waals surface area contributed by atoms with Crippen LogP contribution in [-0.4, -0.2) is 67.4 Å². The van der Waals surface area contributed by atoms with Gasteiger partial charge in [-0.3, -0.25) is 0 Å². The Morgan fingerprint density at radius 1 is 0.500 bits per heavy atom. The molecule has 0 N–H and O–H groups in total. The summed E-state index contributed by atoms with van der Waals surface area (Å²) >= 11 is 0. The average Bonchev–Trinajstić information content (AvgIpc) is 3.04. The SMILES string of the molecule is C.C.C.C.CC(C)=O.CC(C)=O.CC(C)=O.CC1CCC1.CN1CCCC1.CN1CCCCC1. The van der Waals surface area contributed by atoms with Gasteiger partial charge in [0.15, 0.2) is 0 Å². The third-order valence-corrected chi connectivity index (χ3v) is 4.30. The van der Waals surface area contributed by atoms with Crippen LogP contribution in [0.1, 0.15) is 130 Å². The van der Waals surface area contributed by atoms with Crippen LogP contribution in [0.15, 0.2) is 0 Å². The largest absolute Gasteiger partial charge is 0.306 e. The molecule has 2 saturated heterocycles. The fourth-order valence-electron chi connectivity index (χ4n) is 2.54. The molecule has 2 aliphatic heterocycles. The minimum absolute atomic E-state index is 0. The van der Waals surface area contributed by atoms with Gasteiger partial charge in [0.05, 0.1) is 0 Å². The van der Waals surface area contributed by atoms with Gasteiger partial charge >= 0.3 is 0 Å². The highest BCUT2D eigenvalue weighted by molar-refractivity contribution is 5.72. The maximum atomic E-state index is 9.44. The van der Waals surface area contributed by atoms with Crippen molar-refractivity contribution in [1.82, 2.24) is 9.80 Å². The van der Waals surface area contributed by atoms with Crippen LogP contribution in [-0.2, 0) is 14.4 Å². The summed E-state index contributed by atoms with van der Waals surface area (Å²) in [6.07, 6.45) is 11.6. The summed E-state index contributed by atoms with van der Waals surface area (Å²) in [7, 11) is 4.37. The van der Waals surface area contributed by atoms with Gasteiger partial charge in [-0.05, 0) is 113 Å². The van der Waals surface area contributed by atoms with Gasteiger partial charge in [0, 0.05) is 0 Å².